The zero-order chi connectivity index (χ0) is 16.9. The molecule has 9 heteroatoms. The molecule has 0 spiro atoms. The van der Waals surface area contributed by atoms with E-state index >= 15 is 0 Å². The molecule has 0 unspecified atom stereocenters. The largest absolute Gasteiger partial charge is 0.378 e. The predicted molar refractivity (Wildman–Crippen MR) is 99.8 cm³/mol. The summed E-state index contributed by atoms with van der Waals surface area (Å²) >= 11 is 1.64. The second-order valence-electron chi connectivity index (χ2n) is 5.98. The second-order valence-corrected chi connectivity index (χ2v) is 6.76. The SMILES string of the molecule is C(=N/Nc1nc(N2CCCC2)nc(N2CCOCC2)n1)/c1ccsc1. The van der Waals surface area contributed by atoms with Crippen molar-refractivity contribution in [2.75, 3.05) is 54.6 Å². The number of aromatic nitrogens is 3. The van der Waals surface area contributed by atoms with Gasteiger partial charge in [0.25, 0.3) is 0 Å². The van der Waals surface area contributed by atoms with Gasteiger partial charge in [0.15, 0.2) is 0 Å². The van der Waals surface area contributed by atoms with E-state index in [2.05, 4.69) is 35.3 Å². The summed E-state index contributed by atoms with van der Waals surface area (Å²) < 4.78 is 5.43. The van der Waals surface area contributed by atoms with Crippen LogP contribution in [-0.2, 0) is 4.74 Å². The molecule has 2 aliphatic rings. The number of hydrazone groups is 1. The normalized spacial score (nSPS) is 18.2. The summed E-state index contributed by atoms with van der Waals surface area (Å²) in [5, 5.41) is 8.31. The van der Waals surface area contributed by atoms with Gasteiger partial charge in [0.05, 0.1) is 19.4 Å². The van der Waals surface area contributed by atoms with Crippen LogP contribution in [0.15, 0.2) is 21.9 Å². The van der Waals surface area contributed by atoms with Crippen LogP contribution in [0.1, 0.15) is 18.4 Å². The molecule has 8 nitrogen and oxygen atoms in total. The average molecular weight is 359 g/mol. The first kappa shape index (κ1) is 16.2. The van der Waals surface area contributed by atoms with Gasteiger partial charge in [-0.1, -0.05) is 0 Å². The molecule has 0 saturated carbocycles. The molecule has 1 N–H and O–H groups in total. The predicted octanol–water partition coefficient (Wildman–Crippen LogP) is 1.82. The lowest BCUT2D eigenvalue weighted by Gasteiger charge is -2.27. The molecule has 4 rings (SSSR count). The highest BCUT2D eigenvalue weighted by atomic mass is 32.1. The van der Waals surface area contributed by atoms with Gasteiger partial charge in [0.2, 0.25) is 17.8 Å². The number of rotatable bonds is 5. The van der Waals surface area contributed by atoms with E-state index in [1.165, 1.54) is 12.8 Å². The molecular weight excluding hydrogens is 338 g/mol. The van der Waals surface area contributed by atoms with Gasteiger partial charge in [-0.25, -0.2) is 5.43 Å². The Morgan fingerprint density at radius 2 is 1.76 bits per heavy atom. The van der Waals surface area contributed by atoms with Crippen molar-refractivity contribution >= 4 is 35.4 Å². The zero-order valence-electron chi connectivity index (χ0n) is 14.0. The van der Waals surface area contributed by atoms with Crippen LogP contribution in [-0.4, -0.2) is 60.6 Å². The smallest absolute Gasteiger partial charge is 0.250 e. The lowest BCUT2D eigenvalue weighted by molar-refractivity contribution is 0.122. The molecule has 2 aromatic rings. The van der Waals surface area contributed by atoms with Crippen molar-refractivity contribution in [2.45, 2.75) is 12.8 Å². The van der Waals surface area contributed by atoms with Gasteiger partial charge in [0.1, 0.15) is 0 Å². The molecule has 2 saturated heterocycles. The fraction of sp³-hybridized carbons (Fsp3) is 0.500. The average Bonchev–Trinajstić information content (AvgIpc) is 3.36. The van der Waals surface area contributed by atoms with Gasteiger partial charge in [-0.05, 0) is 29.7 Å². The first-order valence-corrected chi connectivity index (χ1v) is 9.48. The minimum absolute atomic E-state index is 0.477. The van der Waals surface area contributed by atoms with Crippen LogP contribution in [0.3, 0.4) is 0 Å². The Labute approximate surface area is 150 Å². The van der Waals surface area contributed by atoms with E-state index in [0.717, 1.165) is 37.7 Å². The van der Waals surface area contributed by atoms with E-state index in [0.29, 0.717) is 25.1 Å². The number of hydrogen-bond donors (Lipinski definition) is 1. The third kappa shape index (κ3) is 4.05. The fourth-order valence-corrected chi connectivity index (χ4v) is 3.49. The van der Waals surface area contributed by atoms with Crippen LogP contribution >= 0.6 is 11.3 Å². The molecule has 0 bridgehead atoms. The van der Waals surface area contributed by atoms with Crippen LogP contribution < -0.4 is 15.2 Å². The third-order valence-electron chi connectivity index (χ3n) is 4.22. The Morgan fingerprint density at radius 1 is 1.04 bits per heavy atom. The molecule has 2 fully saturated rings. The molecule has 4 heterocycles. The van der Waals surface area contributed by atoms with Crippen molar-refractivity contribution in [3.8, 4) is 0 Å². The summed E-state index contributed by atoms with van der Waals surface area (Å²) in [5.41, 5.74) is 4.01. The van der Waals surface area contributed by atoms with Crippen LogP contribution in [0.2, 0.25) is 0 Å². The van der Waals surface area contributed by atoms with Gasteiger partial charge in [-0.3, -0.25) is 0 Å². The van der Waals surface area contributed by atoms with Crippen molar-refractivity contribution in [3.63, 3.8) is 0 Å². The number of morpholine rings is 1. The van der Waals surface area contributed by atoms with Crippen LogP contribution in [0.25, 0.3) is 0 Å². The quantitative estimate of drug-likeness (QED) is 0.644. The van der Waals surface area contributed by atoms with Crippen LogP contribution in [0, 0.1) is 0 Å². The standard InChI is InChI=1S/C16H21N7OS/c1-2-5-22(4-1)15-18-14(21-17-11-13-3-10-25-12-13)19-16(20-15)23-6-8-24-9-7-23/h3,10-12H,1-2,4-9H2,(H,18,19,20,21)/b17-11-. The van der Waals surface area contributed by atoms with Crippen molar-refractivity contribution < 1.29 is 4.74 Å². The Hall–Kier alpha value is -2.26. The summed E-state index contributed by atoms with van der Waals surface area (Å²) in [7, 11) is 0. The summed E-state index contributed by atoms with van der Waals surface area (Å²) in [6.45, 7) is 4.96. The summed E-state index contributed by atoms with van der Waals surface area (Å²) in [4.78, 5) is 18.1. The molecule has 0 amide bonds. The van der Waals surface area contributed by atoms with Crippen molar-refractivity contribution in [2.24, 2.45) is 5.10 Å². The fourth-order valence-electron chi connectivity index (χ4n) is 2.88. The number of thiophene rings is 1. The van der Waals surface area contributed by atoms with E-state index in [9.17, 15) is 0 Å². The van der Waals surface area contributed by atoms with Crippen molar-refractivity contribution in [1.29, 1.82) is 0 Å². The highest BCUT2D eigenvalue weighted by molar-refractivity contribution is 7.08. The number of ether oxygens (including phenoxy) is 1. The molecule has 25 heavy (non-hydrogen) atoms. The van der Waals surface area contributed by atoms with E-state index in [-0.39, 0.29) is 0 Å². The molecule has 0 aromatic carbocycles. The van der Waals surface area contributed by atoms with Crippen LogP contribution in [0.4, 0.5) is 17.8 Å². The molecular formula is C16H21N7OS. The second kappa shape index (κ2) is 7.75. The van der Waals surface area contributed by atoms with Gasteiger partial charge < -0.3 is 14.5 Å². The minimum Gasteiger partial charge on any atom is -0.378 e. The monoisotopic (exact) mass is 359 g/mol. The third-order valence-corrected chi connectivity index (χ3v) is 4.92. The highest BCUT2D eigenvalue weighted by Gasteiger charge is 2.20. The maximum atomic E-state index is 5.43. The number of nitrogens with zero attached hydrogens (tertiary/aromatic N) is 6. The first-order chi connectivity index (χ1) is 12.4. The Morgan fingerprint density at radius 3 is 2.44 bits per heavy atom. The number of anilines is 3. The molecule has 0 radical (unpaired) electrons. The Bertz CT molecular complexity index is 709. The Kier molecular flexibility index (Phi) is 5.03. The van der Waals surface area contributed by atoms with Gasteiger partial charge in [-0.15, -0.1) is 0 Å². The molecule has 132 valence electrons. The minimum atomic E-state index is 0.477. The number of hydrogen-bond acceptors (Lipinski definition) is 9. The Balaban J connectivity index is 1.56. The van der Waals surface area contributed by atoms with Gasteiger partial charge >= 0.3 is 0 Å². The van der Waals surface area contributed by atoms with Crippen molar-refractivity contribution in [3.05, 3.63) is 22.4 Å². The van der Waals surface area contributed by atoms with Gasteiger partial charge in [0, 0.05) is 31.7 Å². The number of nitrogens with one attached hydrogen (secondary N) is 1. The van der Waals surface area contributed by atoms with Crippen molar-refractivity contribution in [1.82, 2.24) is 15.0 Å². The van der Waals surface area contributed by atoms with Crippen LogP contribution in [0.5, 0.6) is 0 Å². The molecule has 2 aliphatic heterocycles. The highest BCUT2D eigenvalue weighted by Crippen LogP contribution is 2.21. The van der Waals surface area contributed by atoms with E-state index in [1.54, 1.807) is 17.6 Å². The van der Waals surface area contributed by atoms with E-state index < -0.39 is 0 Å². The molecule has 2 aromatic heterocycles. The first-order valence-electron chi connectivity index (χ1n) is 8.53. The summed E-state index contributed by atoms with van der Waals surface area (Å²) in [6, 6.07) is 2.01. The topological polar surface area (TPSA) is 78.8 Å². The maximum absolute atomic E-state index is 5.43. The zero-order valence-corrected chi connectivity index (χ0v) is 14.8. The lowest BCUT2D eigenvalue weighted by atomic mass is 10.4. The van der Waals surface area contributed by atoms with E-state index in [4.69, 9.17) is 4.74 Å². The van der Waals surface area contributed by atoms with Gasteiger partial charge in [-0.2, -0.15) is 31.4 Å². The molecule has 0 atom stereocenters. The van der Waals surface area contributed by atoms with E-state index in [1.807, 2.05) is 16.8 Å². The maximum Gasteiger partial charge on any atom is 0.250 e. The lowest BCUT2D eigenvalue weighted by Crippen LogP contribution is -2.38. The summed E-state index contributed by atoms with van der Waals surface area (Å²) in [5.74, 6) is 1.89. The molecule has 0 aliphatic carbocycles. The summed E-state index contributed by atoms with van der Waals surface area (Å²) in [6.07, 6.45) is 4.12.